The quantitative estimate of drug-likeness (QED) is 0.443. The molecule has 0 radical (unpaired) electrons. The van der Waals surface area contributed by atoms with Gasteiger partial charge in [-0.15, -0.1) is 0 Å². The normalized spacial score (nSPS) is 10.2. The fourth-order valence-electron chi connectivity index (χ4n) is 2.25. The van der Waals surface area contributed by atoms with E-state index in [1.807, 2.05) is 6.92 Å². The number of rotatable bonds is 9. The predicted molar refractivity (Wildman–Crippen MR) is 99.0 cm³/mol. The molecule has 2 rings (SSSR count). The van der Waals surface area contributed by atoms with Crippen LogP contribution in [-0.2, 0) is 28.6 Å². The second kappa shape index (κ2) is 10.1. The maximum Gasteiger partial charge on any atom is 0.343 e. The molecule has 2 aromatic rings. The smallest absolute Gasteiger partial charge is 0.343 e. The number of benzene rings is 1. The van der Waals surface area contributed by atoms with E-state index >= 15 is 0 Å². The van der Waals surface area contributed by atoms with Gasteiger partial charge in [0.15, 0.2) is 31.3 Å². The summed E-state index contributed by atoms with van der Waals surface area (Å²) >= 11 is 0. The molecular formula is C19H21NO9. The van der Waals surface area contributed by atoms with Crippen molar-refractivity contribution in [3.63, 3.8) is 0 Å². The zero-order valence-corrected chi connectivity index (χ0v) is 16.5. The summed E-state index contributed by atoms with van der Waals surface area (Å²) in [6, 6.07) is 4.80. The van der Waals surface area contributed by atoms with Crippen LogP contribution in [0, 0.1) is 6.92 Å². The van der Waals surface area contributed by atoms with E-state index in [-0.39, 0.29) is 37.2 Å². The molecule has 0 bridgehead atoms. The molecular weight excluding hydrogens is 386 g/mol. The Hall–Kier alpha value is -3.56. The number of esters is 3. The van der Waals surface area contributed by atoms with Gasteiger partial charge in [0.2, 0.25) is 5.88 Å². The van der Waals surface area contributed by atoms with E-state index < -0.39 is 17.9 Å². The number of aryl methyl sites for hydroxylation is 1. The summed E-state index contributed by atoms with van der Waals surface area (Å²) in [4.78, 5) is 38.4. The molecule has 10 nitrogen and oxygen atoms in total. The molecule has 29 heavy (non-hydrogen) atoms. The highest BCUT2D eigenvalue weighted by molar-refractivity contribution is 5.86. The van der Waals surface area contributed by atoms with Crippen LogP contribution in [0.25, 0.3) is 10.9 Å². The van der Waals surface area contributed by atoms with Gasteiger partial charge in [0.05, 0.1) is 26.8 Å². The zero-order valence-electron chi connectivity index (χ0n) is 16.5. The van der Waals surface area contributed by atoms with Crippen LogP contribution in [0.5, 0.6) is 17.4 Å². The first-order valence-corrected chi connectivity index (χ1v) is 8.42. The molecule has 0 saturated carbocycles. The van der Waals surface area contributed by atoms with Gasteiger partial charge in [-0.3, -0.25) is 0 Å². The molecule has 0 N–H and O–H groups in total. The number of methoxy groups -OCH3 is 3. The van der Waals surface area contributed by atoms with Crippen molar-refractivity contribution >= 4 is 28.8 Å². The Kier molecular flexibility index (Phi) is 7.58. The molecule has 0 saturated heterocycles. The van der Waals surface area contributed by atoms with Gasteiger partial charge in [0, 0.05) is 17.5 Å². The molecule has 156 valence electrons. The van der Waals surface area contributed by atoms with Gasteiger partial charge < -0.3 is 28.4 Å². The van der Waals surface area contributed by atoms with Gasteiger partial charge >= 0.3 is 17.9 Å². The van der Waals surface area contributed by atoms with E-state index in [4.69, 9.17) is 14.2 Å². The Bertz CT molecular complexity index is 910. The molecule has 0 atom stereocenters. The molecule has 0 aliphatic rings. The van der Waals surface area contributed by atoms with Crippen LogP contribution in [0.2, 0.25) is 0 Å². The number of hydrogen-bond donors (Lipinski definition) is 0. The molecule has 1 aromatic carbocycles. The minimum Gasteiger partial charge on any atom is -0.478 e. The topological polar surface area (TPSA) is 119 Å². The molecule has 1 heterocycles. The Morgan fingerprint density at radius 3 is 1.76 bits per heavy atom. The molecule has 1 aromatic heterocycles. The summed E-state index contributed by atoms with van der Waals surface area (Å²) in [5.74, 6) is -1.11. The first-order valence-electron chi connectivity index (χ1n) is 8.42. The van der Waals surface area contributed by atoms with Gasteiger partial charge in [-0.25, -0.2) is 19.4 Å². The van der Waals surface area contributed by atoms with Crippen molar-refractivity contribution in [3.8, 4) is 17.4 Å². The van der Waals surface area contributed by atoms with E-state index in [9.17, 15) is 14.4 Å². The minimum absolute atomic E-state index is 0.170. The van der Waals surface area contributed by atoms with E-state index in [1.54, 1.807) is 12.1 Å². The molecule has 10 heteroatoms. The van der Waals surface area contributed by atoms with Crippen LogP contribution in [-0.4, -0.2) is 64.0 Å². The maximum absolute atomic E-state index is 11.4. The average Bonchev–Trinajstić information content (AvgIpc) is 2.73. The molecule has 0 aliphatic carbocycles. The van der Waals surface area contributed by atoms with Crippen molar-refractivity contribution in [1.29, 1.82) is 0 Å². The number of carbonyl (C=O) groups is 3. The van der Waals surface area contributed by atoms with Crippen molar-refractivity contribution in [2.45, 2.75) is 6.92 Å². The Balaban J connectivity index is 2.39. The van der Waals surface area contributed by atoms with Crippen LogP contribution in [0.1, 0.15) is 5.56 Å². The largest absolute Gasteiger partial charge is 0.478 e. The second-order valence-corrected chi connectivity index (χ2v) is 5.69. The molecule has 0 spiro atoms. The number of pyridine rings is 1. The molecule has 0 amide bonds. The van der Waals surface area contributed by atoms with Crippen LogP contribution < -0.4 is 14.2 Å². The second-order valence-electron chi connectivity index (χ2n) is 5.69. The standard InChI is InChI=1S/C19H21NO9/c1-11-5-16(29-10-19(23)26-4)20-13-7-15(28-9-18(22)25-3)14(6-12(11)13)27-8-17(21)24-2/h5-7H,8-10H2,1-4H3. The van der Waals surface area contributed by atoms with E-state index in [0.29, 0.717) is 10.9 Å². The monoisotopic (exact) mass is 407 g/mol. The van der Waals surface area contributed by atoms with Crippen molar-refractivity contribution in [2.24, 2.45) is 0 Å². The summed E-state index contributed by atoms with van der Waals surface area (Å²) in [5.41, 5.74) is 1.24. The summed E-state index contributed by atoms with van der Waals surface area (Å²) in [7, 11) is 3.73. The van der Waals surface area contributed by atoms with E-state index in [1.165, 1.54) is 27.4 Å². The van der Waals surface area contributed by atoms with Gasteiger partial charge in [-0.1, -0.05) is 0 Å². The SMILES string of the molecule is COC(=O)COc1cc(C)c2cc(OCC(=O)OC)c(OCC(=O)OC)cc2n1. The number of nitrogens with zero attached hydrogens (tertiary/aromatic N) is 1. The maximum atomic E-state index is 11.4. The number of hydrogen-bond acceptors (Lipinski definition) is 10. The first kappa shape index (κ1) is 21.7. The lowest BCUT2D eigenvalue weighted by molar-refractivity contribution is -0.144. The lowest BCUT2D eigenvalue weighted by atomic mass is 10.1. The van der Waals surface area contributed by atoms with Gasteiger partial charge in [-0.2, -0.15) is 0 Å². The summed E-state index contributed by atoms with van der Waals surface area (Å²) < 4.78 is 29.9. The zero-order chi connectivity index (χ0) is 21.4. The number of aromatic nitrogens is 1. The molecule has 0 unspecified atom stereocenters. The molecule has 0 aliphatic heterocycles. The number of carbonyl (C=O) groups excluding carboxylic acids is 3. The first-order chi connectivity index (χ1) is 13.9. The fraction of sp³-hybridized carbons (Fsp3) is 0.368. The van der Waals surface area contributed by atoms with Crippen LogP contribution in [0.15, 0.2) is 18.2 Å². The Morgan fingerprint density at radius 2 is 1.24 bits per heavy atom. The Morgan fingerprint density at radius 1 is 0.759 bits per heavy atom. The lowest BCUT2D eigenvalue weighted by Gasteiger charge is -2.14. The summed E-state index contributed by atoms with van der Waals surface area (Å²) in [6.45, 7) is 0.812. The van der Waals surface area contributed by atoms with Crippen molar-refractivity contribution in [3.05, 3.63) is 23.8 Å². The lowest BCUT2D eigenvalue weighted by Crippen LogP contribution is -2.15. The minimum atomic E-state index is -0.594. The van der Waals surface area contributed by atoms with E-state index in [2.05, 4.69) is 19.2 Å². The van der Waals surface area contributed by atoms with Crippen LogP contribution in [0.4, 0.5) is 0 Å². The van der Waals surface area contributed by atoms with E-state index in [0.717, 1.165) is 5.56 Å². The number of ether oxygens (including phenoxy) is 6. The number of fused-ring (bicyclic) bond motifs is 1. The highest BCUT2D eigenvalue weighted by Gasteiger charge is 2.15. The molecule has 0 fully saturated rings. The average molecular weight is 407 g/mol. The van der Waals surface area contributed by atoms with Crippen molar-refractivity contribution in [1.82, 2.24) is 4.98 Å². The summed E-state index contributed by atoms with van der Waals surface area (Å²) in [6.07, 6.45) is 0. The fourth-order valence-corrected chi connectivity index (χ4v) is 2.25. The van der Waals surface area contributed by atoms with Crippen molar-refractivity contribution < 1.29 is 42.8 Å². The predicted octanol–water partition coefficient (Wildman–Crippen LogP) is 1.20. The van der Waals surface area contributed by atoms with Gasteiger partial charge in [0.25, 0.3) is 0 Å². The highest BCUT2D eigenvalue weighted by Crippen LogP contribution is 2.34. The van der Waals surface area contributed by atoms with Crippen molar-refractivity contribution in [2.75, 3.05) is 41.2 Å². The third-order valence-electron chi connectivity index (χ3n) is 3.77. The summed E-state index contributed by atoms with van der Waals surface area (Å²) in [5, 5.41) is 0.695. The third-order valence-corrected chi connectivity index (χ3v) is 3.77. The van der Waals surface area contributed by atoms with Crippen LogP contribution in [0.3, 0.4) is 0 Å². The van der Waals surface area contributed by atoms with Gasteiger partial charge in [-0.05, 0) is 18.6 Å². The van der Waals surface area contributed by atoms with Crippen LogP contribution >= 0.6 is 0 Å². The highest BCUT2D eigenvalue weighted by atomic mass is 16.6. The third kappa shape index (κ3) is 5.96. The van der Waals surface area contributed by atoms with Gasteiger partial charge in [0.1, 0.15) is 0 Å². The Labute approximate surface area is 166 Å².